The SMILES string of the molecule is CCCCCCCC/C=C/CCCCCC(=O)OC(COCCC(C(=O)[O-])[N+](C)(C)C)COC(=O)CCCCCCCCCCCCCCCCCCCCCCCC. The van der Waals surface area contributed by atoms with Crippen molar-refractivity contribution in [2.24, 2.45) is 0 Å². The Labute approximate surface area is 365 Å². The van der Waals surface area contributed by atoms with Crippen LogP contribution in [0.1, 0.15) is 245 Å². The Bertz CT molecular complexity index is 978. The van der Waals surface area contributed by atoms with Crippen LogP contribution in [0.4, 0.5) is 0 Å². The van der Waals surface area contributed by atoms with E-state index in [9.17, 15) is 19.5 Å². The van der Waals surface area contributed by atoms with Gasteiger partial charge in [-0.25, -0.2) is 0 Å². The first-order chi connectivity index (χ1) is 28.6. The summed E-state index contributed by atoms with van der Waals surface area (Å²) in [5.41, 5.74) is 0. The van der Waals surface area contributed by atoms with Gasteiger partial charge in [0, 0.05) is 19.3 Å². The van der Waals surface area contributed by atoms with E-state index in [0.29, 0.717) is 12.8 Å². The maximum absolute atomic E-state index is 12.7. The quantitative estimate of drug-likeness (QED) is 0.0260. The molecule has 0 aromatic rings. The van der Waals surface area contributed by atoms with Crippen LogP contribution in [0.25, 0.3) is 0 Å². The molecule has 0 aromatic heterocycles. The lowest BCUT2D eigenvalue weighted by Gasteiger charge is -2.34. The second-order valence-electron chi connectivity index (χ2n) is 18.4. The van der Waals surface area contributed by atoms with Gasteiger partial charge in [0.2, 0.25) is 0 Å². The molecular formula is C51H97NO7. The molecule has 0 bridgehead atoms. The number of likely N-dealkylation sites (N-methyl/N-ethyl adjacent to an activating group) is 1. The summed E-state index contributed by atoms with van der Waals surface area (Å²) in [7, 11) is 5.42. The number of carbonyl (C=O) groups excluding carboxylic acids is 3. The highest BCUT2D eigenvalue weighted by Gasteiger charge is 2.25. The molecule has 0 fully saturated rings. The lowest BCUT2D eigenvalue weighted by Crippen LogP contribution is -2.55. The molecule has 0 aromatic carbocycles. The van der Waals surface area contributed by atoms with Crippen molar-refractivity contribution in [1.29, 1.82) is 0 Å². The summed E-state index contributed by atoms with van der Waals surface area (Å²) in [6.45, 7) is 4.68. The van der Waals surface area contributed by atoms with E-state index in [1.165, 1.54) is 161 Å². The van der Waals surface area contributed by atoms with Crippen LogP contribution in [0.15, 0.2) is 12.2 Å². The zero-order valence-corrected chi connectivity index (χ0v) is 39.7. The Morgan fingerprint density at radius 3 is 1.24 bits per heavy atom. The first-order valence-electron chi connectivity index (χ1n) is 25.2. The van der Waals surface area contributed by atoms with Crippen LogP contribution in [0.5, 0.6) is 0 Å². The number of carbonyl (C=O) groups is 3. The molecule has 8 heteroatoms. The fourth-order valence-electron chi connectivity index (χ4n) is 7.71. The van der Waals surface area contributed by atoms with Crippen LogP contribution in [0.3, 0.4) is 0 Å². The average Bonchev–Trinajstić information content (AvgIpc) is 3.19. The second kappa shape index (κ2) is 42.7. The Hall–Kier alpha value is -1.93. The van der Waals surface area contributed by atoms with Crippen molar-refractivity contribution >= 4 is 17.9 Å². The van der Waals surface area contributed by atoms with Crippen molar-refractivity contribution in [1.82, 2.24) is 0 Å². The highest BCUT2D eigenvalue weighted by Crippen LogP contribution is 2.16. The van der Waals surface area contributed by atoms with Crippen molar-refractivity contribution in [3.05, 3.63) is 12.2 Å². The number of aliphatic carboxylic acids is 1. The lowest BCUT2D eigenvalue weighted by molar-refractivity contribution is -0.889. The van der Waals surface area contributed by atoms with Crippen LogP contribution in [0.2, 0.25) is 0 Å². The molecule has 0 aliphatic heterocycles. The predicted molar refractivity (Wildman–Crippen MR) is 245 cm³/mol. The van der Waals surface area contributed by atoms with E-state index in [-0.39, 0.29) is 42.7 Å². The maximum Gasteiger partial charge on any atom is 0.306 e. The summed E-state index contributed by atoms with van der Waals surface area (Å²) in [5.74, 6) is -1.74. The van der Waals surface area contributed by atoms with E-state index in [4.69, 9.17) is 14.2 Å². The number of ether oxygens (including phenoxy) is 3. The third-order valence-corrected chi connectivity index (χ3v) is 11.7. The normalized spacial score (nSPS) is 12.9. The number of quaternary nitrogens is 1. The van der Waals surface area contributed by atoms with Crippen molar-refractivity contribution < 1.29 is 38.2 Å². The molecular weight excluding hydrogens is 739 g/mol. The molecule has 0 radical (unpaired) electrons. The van der Waals surface area contributed by atoms with Crippen LogP contribution >= 0.6 is 0 Å². The summed E-state index contributed by atoms with van der Waals surface area (Å²) >= 11 is 0. The van der Waals surface area contributed by atoms with Gasteiger partial charge in [-0.15, -0.1) is 0 Å². The molecule has 0 saturated carbocycles. The fraction of sp³-hybridized carbons (Fsp3) is 0.902. The number of unbranched alkanes of at least 4 members (excludes halogenated alkanes) is 30. The molecule has 0 amide bonds. The van der Waals surface area contributed by atoms with Crippen LogP contribution in [-0.4, -0.2) is 75.5 Å². The molecule has 0 spiro atoms. The maximum atomic E-state index is 12.7. The van der Waals surface area contributed by atoms with E-state index >= 15 is 0 Å². The highest BCUT2D eigenvalue weighted by molar-refractivity contribution is 5.70. The number of nitrogens with zero attached hydrogens (tertiary/aromatic N) is 1. The molecule has 8 nitrogen and oxygen atoms in total. The van der Waals surface area contributed by atoms with Crippen LogP contribution in [-0.2, 0) is 28.6 Å². The van der Waals surface area contributed by atoms with Gasteiger partial charge in [-0.05, 0) is 38.5 Å². The third kappa shape index (κ3) is 41.2. The number of carboxylic acid groups (broad SMARTS) is 1. The molecule has 0 saturated heterocycles. The predicted octanol–water partition coefficient (Wildman–Crippen LogP) is 12.9. The molecule has 0 aliphatic carbocycles. The Morgan fingerprint density at radius 1 is 0.492 bits per heavy atom. The summed E-state index contributed by atoms with van der Waals surface area (Å²) in [4.78, 5) is 36.9. The molecule has 2 unspecified atom stereocenters. The van der Waals surface area contributed by atoms with E-state index in [2.05, 4.69) is 26.0 Å². The molecule has 0 heterocycles. The second-order valence-corrected chi connectivity index (χ2v) is 18.4. The van der Waals surface area contributed by atoms with Crippen LogP contribution < -0.4 is 5.11 Å². The molecule has 2 atom stereocenters. The minimum atomic E-state index is -1.12. The molecule has 0 aliphatic rings. The number of hydrogen-bond donors (Lipinski definition) is 0. The van der Waals surface area contributed by atoms with Gasteiger partial charge in [0.1, 0.15) is 12.6 Å². The number of allylic oxidation sites excluding steroid dienone is 2. The molecule has 0 rings (SSSR count). The monoisotopic (exact) mass is 836 g/mol. The topological polar surface area (TPSA) is 102 Å². The van der Waals surface area contributed by atoms with E-state index in [1.54, 1.807) is 21.1 Å². The zero-order chi connectivity index (χ0) is 43.5. The van der Waals surface area contributed by atoms with Crippen molar-refractivity contribution in [3.8, 4) is 0 Å². The average molecular weight is 836 g/mol. The summed E-state index contributed by atoms with van der Waals surface area (Å²) < 4.78 is 17.2. The van der Waals surface area contributed by atoms with Gasteiger partial charge in [0.25, 0.3) is 0 Å². The standard InChI is InChI=1S/C51H97NO7/c1-6-8-10-12-14-16-18-20-21-22-23-24-25-26-27-28-30-31-33-35-37-39-41-49(53)58-46-47(45-57-44-43-48(51(55)56)52(3,4)5)59-50(54)42-40-38-36-34-32-29-19-17-15-13-11-9-7-2/h29,32,47-48H,6-28,30-31,33-46H2,1-5H3/b32-29+. The zero-order valence-electron chi connectivity index (χ0n) is 39.7. The third-order valence-electron chi connectivity index (χ3n) is 11.7. The molecule has 348 valence electrons. The largest absolute Gasteiger partial charge is 0.544 e. The Kier molecular flexibility index (Phi) is 41.3. The molecule has 0 N–H and O–H groups in total. The van der Waals surface area contributed by atoms with Gasteiger partial charge >= 0.3 is 11.9 Å². The van der Waals surface area contributed by atoms with Gasteiger partial charge in [0.05, 0.1) is 40.3 Å². The number of esters is 2. The van der Waals surface area contributed by atoms with E-state index < -0.39 is 18.1 Å². The van der Waals surface area contributed by atoms with E-state index in [1.807, 2.05) is 0 Å². The summed E-state index contributed by atoms with van der Waals surface area (Å²) in [5, 5.41) is 11.6. The number of rotatable bonds is 46. The number of hydrogen-bond acceptors (Lipinski definition) is 7. The van der Waals surface area contributed by atoms with Crippen molar-refractivity contribution in [2.45, 2.75) is 257 Å². The van der Waals surface area contributed by atoms with Gasteiger partial charge in [-0.3, -0.25) is 9.59 Å². The van der Waals surface area contributed by atoms with Gasteiger partial charge in [-0.2, -0.15) is 0 Å². The summed E-state index contributed by atoms with van der Waals surface area (Å²) in [6, 6.07) is -0.724. The van der Waals surface area contributed by atoms with Crippen LogP contribution in [0, 0.1) is 0 Å². The first kappa shape index (κ1) is 57.1. The molecule has 59 heavy (non-hydrogen) atoms. The Balaban J connectivity index is 4.16. The van der Waals surface area contributed by atoms with Crippen molar-refractivity contribution in [3.63, 3.8) is 0 Å². The van der Waals surface area contributed by atoms with E-state index in [0.717, 1.165) is 51.4 Å². The van der Waals surface area contributed by atoms with Gasteiger partial charge in [-0.1, -0.05) is 199 Å². The highest BCUT2D eigenvalue weighted by atomic mass is 16.6. The fourth-order valence-corrected chi connectivity index (χ4v) is 7.71. The first-order valence-corrected chi connectivity index (χ1v) is 25.2. The Morgan fingerprint density at radius 2 is 0.847 bits per heavy atom. The van der Waals surface area contributed by atoms with Gasteiger partial charge < -0.3 is 28.6 Å². The smallest absolute Gasteiger partial charge is 0.306 e. The lowest BCUT2D eigenvalue weighted by atomic mass is 10.0. The minimum absolute atomic E-state index is 0.0404. The number of carboxylic acids is 1. The summed E-state index contributed by atoms with van der Waals surface area (Å²) in [6.07, 6.45) is 46.8. The van der Waals surface area contributed by atoms with Crippen molar-refractivity contribution in [2.75, 3.05) is 41.0 Å². The minimum Gasteiger partial charge on any atom is -0.544 e. The van der Waals surface area contributed by atoms with Gasteiger partial charge in [0.15, 0.2) is 6.10 Å².